The molecular formula is C14H11NO4. The first-order chi connectivity index (χ1) is 9.00. The van der Waals surface area contributed by atoms with Crippen LogP contribution in [-0.4, -0.2) is 22.2 Å². The molecule has 2 aromatic rings. The van der Waals surface area contributed by atoms with Crippen LogP contribution in [-0.2, 0) is 0 Å². The van der Waals surface area contributed by atoms with Gasteiger partial charge in [0.1, 0.15) is 0 Å². The van der Waals surface area contributed by atoms with Crippen LogP contribution in [0.3, 0.4) is 0 Å². The van der Waals surface area contributed by atoms with Crippen molar-refractivity contribution in [1.82, 2.24) is 0 Å². The number of para-hydroxylation sites is 1. The third-order valence-electron chi connectivity index (χ3n) is 2.76. The van der Waals surface area contributed by atoms with Crippen molar-refractivity contribution in [1.29, 1.82) is 0 Å². The van der Waals surface area contributed by atoms with Crippen LogP contribution in [0, 0.1) is 0 Å². The summed E-state index contributed by atoms with van der Waals surface area (Å²) in [5.74, 6) is -2.16. The molecule has 0 heterocycles. The number of anilines is 1. The van der Waals surface area contributed by atoms with Gasteiger partial charge in [-0.15, -0.1) is 0 Å². The SMILES string of the molecule is Nc1c(C(=O)O)cccc1-c1cccc(C(=O)O)c1. The Morgan fingerprint density at radius 2 is 1.63 bits per heavy atom. The van der Waals surface area contributed by atoms with E-state index in [0.29, 0.717) is 11.1 Å². The zero-order valence-electron chi connectivity index (χ0n) is 9.83. The molecule has 0 atom stereocenters. The molecule has 19 heavy (non-hydrogen) atoms. The molecule has 2 aromatic carbocycles. The first-order valence-electron chi connectivity index (χ1n) is 5.46. The Morgan fingerprint density at radius 1 is 0.947 bits per heavy atom. The van der Waals surface area contributed by atoms with Gasteiger partial charge in [-0.05, 0) is 23.8 Å². The Labute approximate surface area is 108 Å². The monoisotopic (exact) mass is 257 g/mol. The van der Waals surface area contributed by atoms with Crippen molar-refractivity contribution in [2.24, 2.45) is 0 Å². The minimum atomic E-state index is -1.12. The molecule has 5 nitrogen and oxygen atoms in total. The molecule has 0 radical (unpaired) electrons. The second kappa shape index (κ2) is 4.81. The summed E-state index contributed by atoms with van der Waals surface area (Å²) in [7, 11) is 0. The highest BCUT2D eigenvalue weighted by Gasteiger charge is 2.13. The van der Waals surface area contributed by atoms with E-state index in [0.717, 1.165) is 0 Å². The van der Waals surface area contributed by atoms with Crippen LogP contribution in [0.4, 0.5) is 5.69 Å². The third kappa shape index (κ3) is 2.40. The predicted octanol–water partition coefficient (Wildman–Crippen LogP) is 2.33. The van der Waals surface area contributed by atoms with Crippen LogP contribution in [0.1, 0.15) is 20.7 Å². The molecule has 0 amide bonds. The van der Waals surface area contributed by atoms with Gasteiger partial charge >= 0.3 is 11.9 Å². The maximum absolute atomic E-state index is 11.0. The normalized spacial score (nSPS) is 10.1. The standard InChI is InChI=1S/C14H11NO4/c15-12-10(5-2-6-11(12)14(18)19)8-3-1-4-9(7-8)13(16)17/h1-7H,15H2,(H,16,17)(H,18,19). The van der Waals surface area contributed by atoms with Gasteiger partial charge < -0.3 is 15.9 Å². The molecule has 0 bridgehead atoms. The fraction of sp³-hybridized carbons (Fsp3) is 0. The molecule has 96 valence electrons. The number of carboxylic acids is 2. The first-order valence-corrected chi connectivity index (χ1v) is 5.46. The highest BCUT2D eigenvalue weighted by Crippen LogP contribution is 2.29. The summed E-state index contributed by atoms with van der Waals surface area (Å²) in [6.45, 7) is 0. The lowest BCUT2D eigenvalue weighted by Gasteiger charge is -2.09. The number of nitrogens with two attached hydrogens (primary N) is 1. The second-order valence-electron chi connectivity index (χ2n) is 3.96. The van der Waals surface area contributed by atoms with Gasteiger partial charge in [0.15, 0.2) is 0 Å². The molecule has 0 saturated carbocycles. The van der Waals surface area contributed by atoms with Crippen LogP contribution in [0.2, 0.25) is 0 Å². The van der Waals surface area contributed by atoms with Crippen molar-refractivity contribution in [2.45, 2.75) is 0 Å². The van der Waals surface area contributed by atoms with E-state index in [9.17, 15) is 9.59 Å². The van der Waals surface area contributed by atoms with E-state index in [-0.39, 0.29) is 16.8 Å². The van der Waals surface area contributed by atoms with Gasteiger partial charge in [-0.3, -0.25) is 0 Å². The van der Waals surface area contributed by atoms with Crippen molar-refractivity contribution >= 4 is 17.6 Å². The number of carbonyl (C=O) groups is 2. The van der Waals surface area contributed by atoms with E-state index in [4.69, 9.17) is 15.9 Å². The van der Waals surface area contributed by atoms with Crippen LogP contribution in [0.15, 0.2) is 42.5 Å². The van der Waals surface area contributed by atoms with Crippen molar-refractivity contribution in [3.63, 3.8) is 0 Å². The van der Waals surface area contributed by atoms with Gasteiger partial charge in [0, 0.05) is 5.56 Å². The quantitative estimate of drug-likeness (QED) is 0.732. The van der Waals surface area contributed by atoms with Gasteiger partial charge in [0.2, 0.25) is 0 Å². The van der Waals surface area contributed by atoms with Crippen LogP contribution < -0.4 is 5.73 Å². The van der Waals surface area contributed by atoms with E-state index in [1.807, 2.05) is 0 Å². The molecule has 0 aliphatic carbocycles. The summed E-state index contributed by atoms with van der Waals surface area (Å²) in [5.41, 5.74) is 7.13. The minimum Gasteiger partial charge on any atom is -0.478 e. The van der Waals surface area contributed by atoms with Crippen LogP contribution in [0.5, 0.6) is 0 Å². The second-order valence-corrected chi connectivity index (χ2v) is 3.96. The minimum absolute atomic E-state index is 0.00164. The highest BCUT2D eigenvalue weighted by atomic mass is 16.4. The van der Waals surface area contributed by atoms with Gasteiger partial charge in [0.05, 0.1) is 16.8 Å². The summed E-state index contributed by atoms with van der Waals surface area (Å²) >= 11 is 0. The molecular weight excluding hydrogens is 246 g/mol. The smallest absolute Gasteiger partial charge is 0.337 e. The highest BCUT2D eigenvalue weighted by molar-refractivity contribution is 5.99. The van der Waals surface area contributed by atoms with Crippen molar-refractivity contribution in [2.75, 3.05) is 5.73 Å². The molecule has 4 N–H and O–H groups in total. The average molecular weight is 257 g/mol. The number of nitrogen functional groups attached to an aromatic ring is 1. The van der Waals surface area contributed by atoms with E-state index in [1.54, 1.807) is 24.3 Å². The van der Waals surface area contributed by atoms with E-state index in [1.165, 1.54) is 18.2 Å². The van der Waals surface area contributed by atoms with E-state index in [2.05, 4.69) is 0 Å². The third-order valence-corrected chi connectivity index (χ3v) is 2.76. The number of hydrogen-bond acceptors (Lipinski definition) is 3. The molecule has 0 aliphatic heterocycles. The molecule has 0 fully saturated rings. The topological polar surface area (TPSA) is 101 Å². The Bertz CT molecular complexity index is 664. The number of carboxylic acid groups (broad SMARTS) is 2. The van der Waals surface area contributed by atoms with E-state index >= 15 is 0 Å². The number of benzene rings is 2. The molecule has 5 heteroatoms. The Kier molecular flexibility index (Phi) is 3.20. The summed E-state index contributed by atoms with van der Waals surface area (Å²) in [4.78, 5) is 21.9. The van der Waals surface area contributed by atoms with Crippen LogP contribution >= 0.6 is 0 Å². The summed E-state index contributed by atoms with van der Waals surface area (Å²) in [6, 6.07) is 10.8. The van der Waals surface area contributed by atoms with Crippen molar-refractivity contribution in [3.8, 4) is 11.1 Å². The number of aromatic carboxylic acids is 2. The largest absolute Gasteiger partial charge is 0.478 e. The zero-order valence-corrected chi connectivity index (χ0v) is 9.83. The fourth-order valence-corrected chi connectivity index (χ4v) is 1.82. The summed E-state index contributed by atoms with van der Waals surface area (Å²) in [5, 5.41) is 17.9. The lowest BCUT2D eigenvalue weighted by molar-refractivity contribution is 0.0686. The van der Waals surface area contributed by atoms with Crippen molar-refractivity contribution in [3.05, 3.63) is 53.6 Å². The van der Waals surface area contributed by atoms with Gasteiger partial charge in [-0.25, -0.2) is 9.59 Å². The molecule has 2 rings (SSSR count). The van der Waals surface area contributed by atoms with E-state index < -0.39 is 11.9 Å². The Hall–Kier alpha value is -2.82. The Balaban J connectivity index is 2.59. The Morgan fingerprint density at radius 3 is 2.26 bits per heavy atom. The lowest BCUT2D eigenvalue weighted by Crippen LogP contribution is -2.04. The lowest BCUT2D eigenvalue weighted by atomic mass is 9.99. The number of hydrogen-bond donors (Lipinski definition) is 3. The van der Waals surface area contributed by atoms with Crippen LogP contribution in [0.25, 0.3) is 11.1 Å². The first kappa shape index (κ1) is 12.6. The summed E-state index contributed by atoms with van der Waals surface area (Å²) < 4.78 is 0. The molecule has 0 spiro atoms. The molecule has 0 saturated heterocycles. The average Bonchev–Trinajstić information content (AvgIpc) is 2.38. The number of rotatable bonds is 3. The fourth-order valence-electron chi connectivity index (χ4n) is 1.82. The zero-order chi connectivity index (χ0) is 14.0. The molecule has 0 aromatic heterocycles. The summed E-state index contributed by atoms with van der Waals surface area (Å²) in [6.07, 6.45) is 0. The predicted molar refractivity (Wildman–Crippen MR) is 70.2 cm³/mol. The molecule has 0 unspecified atom stereocenters. The molecule has 0 aliphatic rings. The van der Waals surface area contributed by atoms with Crippen molar-refractivity contribution < 1.29 is 19.8 Å². The van der Waals surface area contributed by atoms with Gasteiger partial charge in [0.25, 0.3) is 0 Å². The maximum atomic E-state index is 11.0. The van der Waals surface area contributed by atoms with Gasteiger partial charge in [-0.2, -0.15) is 0 Å². The van der Waals surface area contributed by atoms with Gasteiger partial charge in [-0.1, -0.05) is 24.3 Å². The maximum Gasteiger partial charge on any atom is 0.337 e.